The molecule has 2 aliphatic rings. The number of fused-ring (bicyclic) bond motifs is 1. The van der Waals surface area contributed by atoms with E-state index in [0.29, 0.717) is 24.0 Å². The lowest BCUT2D eigenvalue weighted by molar-refractivity contribution is 0.0942. The summed E-state index contributed by atoms with van der Waals surface area (Å²) in [6, 6.07) is 4.50. The van der Waals surface area contributed by atoms with Gasteiger partial charge in [0.1, 0.15) is 5.69 Å². The maximum absolute atomic E-state index is 12.4. The molecule has 2 aromatic rings. The van der Waals surface area contributed by atoms with Crippen LogP contribution in [0.15, 0.2) is 18.3 Å². The van der Waals surface area contributed by atoms with E-state index in [-0.39, 0.29) is 5.91 Å². The van der Waals surface area contributed by atoms with Crippen molar-refractivity contribution in [2.75, 3.05) is 5.73 Å². The van der Waals surface area contributed by atoms with Gasteiger partial charge in [0, 0.05) is 22.0 Å². The molecule has 0 spiro atoms. The van der Waals surface area contributed by atoms with E-state index >= 15 is 0 Å². The molecule has 0 atom stereocenters. The van der Waals surface area contributed by atoms with Gasteiger partial charge in [0.2, 0.25) is 0 Å². The summed E-state index contributed by atoms with van der Waals surface area (Å²) in [6.45, 7) is 0.617. The van der Waals surface area contributed by atoms with Gasteiger partial charge in [-0.05, 0) is 49.8 Å². The SMILES string of the molecule is Nc1cc(C(=O)NCc2cc3c(s2)CCC3)n(C2CC2)c1. The Bertz CT molecular complexity index is 675. The van der Waals surface area contributed by atoms with Crippen LogP contribution >= 0.6 is 11.3 Å². The number of hydrogen-bond acceptors (Lipinski definition) is 3. The van der Waals surface area contributed by atoms with E-state index in [9.17, 15) is 4.79 Å². The minimum atomic E-state index is -0.0211. The molecule has 2 aromatic heterocycles. The number of amides is 1. The molecule has 0 aromatic carbocycles. The number of nitrogens with two attached hydrogens (primary N) is 1. The van der Waals surface area contributed by atoms with Gasteiger partial charge in [-0.1, -0.05) is 0 Å². The second-order valence-electron chi connectivity index (χ2n) is 5.99. The molecule has 4 rings (SSSR count). The molecule has 110 valence electrons. The van der Waals surface area contributed by atoms with Crippen molar-refractivity contribution in [1.82, 2.24) is 9.88 Å². The highest BCUT2D eigenvalue weighted by molar-refractivity contribution is 7.12. The third-order valence-corrected chi connectivity index (χ3v) is 5.50. The molecule has 1 saturated carbocycles. The zero-order valence-electron chi connectivity index (χ0n) is 11.9. The highest BCUT2D eigenvalue weighted by atomic mass is 32.1. The van der Waals surface area contributed by atoms with Gasteiger partial charge in [-0.15, -0.1) is 11.3 Å². The minimum Gasteiger partial charge on any atom is -0.397 e. The van der Waals surface area contributed by atoms with Gasteiger partial charge in [-0.3, -0.25) is 4.79 Å². The van der Waals surface area contributed by atoms with E-state index < -0.39 is 0 Å². The molecule has 4 nitrogen and oxygen atoms in total. The largest absolute Gasteiger partial charge is 0.397 e. The zero-order chi connectivity index (χ0) is 14.4. The maximum Gasteiger partial charge on any atom is 0.268 e. The number of nitrogens with zero attached hydrogens (tertiary/aromatic N) is 1. The van der Waals surface area contributed by atoms with Crippen molar-refractivity contribution in [3.8, 4) is 0 Å². The van der Waals surface area contributed by atoms with E-state index in [2.05, 4.69) is 11.4 Å². The fraction of sp³-hybridized carbons (Fsp3) is 0.438. The van der Waals surface area contributed by atoms with Crippen molar-refractivity contribution in [2.45, 2.75) is 44.7 Å². The lowest BCUT2D eigenvalue weighted by atomic mass is 10.2. The first-order chi connectivity index (χ1) is 10.2. The Morgan fingerprint density at radius 3 is 3.00 bits per heavy atom. The van der Waals surface area contributed by atoms with Crippen LogP contribution < -0.4 is 11.1 Å². The molecular weight excluding hydrogens is 282 g/mol. The number of hydrogen-bond donors (Lipinski definition) is 2. The number of aromatic nitrogens is 1. The van der Waals surface area contributed by atoms with Crippen LogP contribution in [0.4, 0.5) is 5.69 Å². The fourth-order valence-corrected chi connectivity index (χ4v) is 4.27. The van der Waals surface area contributed by atoms with Crippen LogP contribution in [0.2, 0.25) is 0 Å². The average molecular weight is 301 g/mol. The van der Waals surface area contributed by atoms with Gasteiger partial charge in [-0.2, -0.15) is 0 Å². The first-order valence-electron chi connectivity index (χ1n) is 7.57. The maximum atomic E-state index is 12.4. The molecule has 0 unspecified atom stereocenters. The van der Waals surface area contributed by atoms with Crippen molar-refractivity contribution >= 4 is 22.9 Å². The van der Waals surface area contributed by atoms with Crippen molar-refractivity contribution < 1.29 is 4.79 Å². The summed E-state index contributed by atoms with van der Waals surface area (Å²) in [6.07, 6.45) is 7.85. The number of nitrogen functional groups attached to an aromatic ring is 1. The van der Waals surface area contributed by atoms with Gasteiger partial charge in [0.15, 0.2) is 0 Å². The Morgan fingerprint density at radius 2 is 2.24 bits per heavy atom. The number of aryl methyl sites for hydroxylation is 2. The van der Waals surface area contributed by atoms with Crippen molar-refractivity contribution in [3.05, 3.63) is 39.3 Å². The molecule has 0 aliphatic heterocycles. The lowest BCUT2D eigenvalue weighted by Gasteiger charge is -2.07. The first kappa shape index (κ1) is 13.0. The average Bonchev–Trinajstić information content (AvgIpc) is 2.90. The van der Waals surface area contributed by atoms with E-state index in [1.165, 1.54) is 34.6 Å². The molecule has 2 aliphatic carbocycles. The molecule has 0 bridgehead atoms. The summed E-state index contributed by atoms with van der Waals surface area (Å²) < 4.78 is 2.03. The van der Waals surface area contributed by atoms with Crippen LogP contribution in [0.25, 0.3) is 0 Å². The summed E-state index contributed by atoms with van der Waals surface area (Å²) >= 11 is 1.84. The third kappa shape index (κ3) is 2.46. The number of nitrogens with one attached hydrogen (secondary N) is 1. The number of carbonyl (C=O) groups is 1. The third-order valence-electron chi connectivity index (χ3n) is 4.26. The molecule has 5 heteroatoms. The van der Waals surface area contributed by atoms with Gasteiger partial charge in [0.25, 0.3) is 5.91 Å². The Labute approximate surface area is 128 Å². The van der Waals surface area contributed by atoms with Crippen LogP contribution in [0.5, 0.6) is 0 Å². The Kier molecular flexibility index (Phi) is 3.03. The standard InChI is InChI=1S/C16H19N3OS/c17-11-7-14(19(9-11)12-4-5-12)16(20)18-8-13-6-10-2-1-3-15(10)21-13/h6-7,9,12H,1-5,8,17H2,(H,18,20). The second kappa shape index (κ2) is 4.91. The van der Waals surface area contributed by atoms with Crippen LogP contribution in [0.3, 0.4) is 0 Å². The first-order valence-corrected chi connectivity index (χ1v) is 8.38. The molecule has 1 fully saturated rings. The van der Waals surface area contributed by atoms with Gasteiger partial charge >= 0.3 is 0 Å². The molecule has 1 amide bonds. The monoisotopic (exact) mass is 301 g/mol. The molecule has 0 saturated heterocycles. The summed E-state index contributed by atoms with van der Waals surface area (Å²) in [7, 11) is 0. The van der Waals surface area contributed by atoms with Crippen LogP contribution in [0.1, 0.15) is 51.1 Å². The van der Waals surface area contributed by atoms with E-state index in [1.54, 1.807) is 6.07 Å². The minimum absolute atomic E-state index is 0.0211. The predicted molar refractivity (Wildman–Crippen MR) is 84.6 cm³/mol. The summed E-state index contributed by atoms with van der Waals surface area (Å²) in [5.41, 5.74) is 8.68. The molecule has 2 heterocycles. The van der Waals surface area contributed by atoms with Gasteiger partial charge in [0.05, 0.1) is 12.2 Å². The molecule has 3 N–H and O–H groups in total. The second-order valence-corrected chi connectivity index (χ2v) is 7.22. The highest BCUT2D eigenvalue weighted by Gasteiger charge is 2.27. The van der Waals surface area contributed by atoms with Gasteiger partial charge < -0.3 is 15.6 Å². The molecule has 21 heavy (non-hydrogen) atoms. The number of thiophene rings is 1. The van der Waals surface area contributed by atoms with Crippen LogP contribution in [-0.4, -0.2) is 10.5 Å². The van der Waals surface area contributed by atoms with E-state index in [1.807, 2.05) is 22.1 Å². The number of rotatable bonds is 4. The van der Waals surface area contributed by atoms with Crippen LogP contribution in [0, 0.1) is 0 Å². The van der Waals surface area contributed by atoms with Gasteiger partial charge in [-0.25, -0.2) is 0 Å². The number of anilines is 1. The summed E-state index contributed by atoms with van der Waals surface area (Å²) in [5.74, 6) is -0.0211. The van der Waals surface area contributed by atoms with E-state index in [0.717, 1.165) is 12.8 Å². The Hall–Kier alpha value is -1.75. The Balaban J connectivity index is 1.45. The van der Waals surface area contributed by atoms with Crippen molar-refractivity contribution in [2.24, 2.45) is 0 Å². The topological polar surface area (TPSA) is 60.1 Å². The fourth-order valence-electron chi connectivity index (χ4n) is 3.07. The smallest absolute Gasteiger partial charge is 0.268 e. The Morgan fingerprint density at radius 1 is 1.38 bits per heavy atom. The normalized spacial score (nSPS) is 17.0. The zero-order valence-corrected chi connectivity index (χ0v) is 12.7. The summed E-state index contributed by atoms with van der Waals surface area (Å²) in [5, 5.41) is 3.04. The quantitative estimate of drug-likeness (QED) is 0.912. The van der Waals surface area contributed by atoms with E-state index in [4.69, 9.17) is 5.73 Å². The molecular formula is C16H19N3OS. The summed E-state index contributed by atoms with van der Waals surface area (Å²) in [4.78, 5) is 15.1. The van der Waals surface area contributed by atoms with Crippen LogP contribution in [-0.2, 0) is 19.4 Å². The lowest BCUT2D eigenvalue weighted by Crippen LogP contribution is -2.24. The van der Waals surface area contributed by atoms with Crippen molar-refractivity contribution in [1.29, 1.82) is 0 Å². The van der Waals surface area contributed by atoms with Crippen molar-refractivity contribution in [3.63, 3.8) is 0 Å². The number of carbonyl (C=O) groups excluding carboxylic acids is 1. The highest BCUT2D eigenvalue weighted by Crippen LogP contribution is 2.37. The predicted octanol–water partition coefficient (Wildman–Crippen LogP) is 2.89. The molecule has 0 radical (unpaired) electrons.